The molecule has 0 saturated heterocycles. The third-order valence-corrected chi connectivity index (χ3v) is 2.73. The Balaban J connectivity index is 2.13. The molecule has 0 radical (unpaired) electrons. The molecule has 0 aliphatic heterocycles. The van der Waals surface area contributed by atoms with Crippen LogP contribution in [0.3, 0.4) is 0 Å². The zero-order valence-electron chi connectivity index (χ0n) is 12.4. The van der Waals surface area contributed by atoms with Crippen LogP contribution < -0.4 is 10.1 Å². The van der Waals surface area contributed by atoms with Crippen molar-refractivity contribution in [3.63, 3.8) is 0 Å². The molecule has 112 valence electrons. The number of nitrogens with one attached hydrogen (secondary N) is 1. The second-order valence-corrected chi connectivity index (χ2v) is 5.07. The average Bonchev–Trinajstić information content (AvgIpc) is 2.54. The summed E-state index contributed by atoms with van der Waals surface area (Å²) in [4.78, 5) is 19.7. The predicted molar refractivity (Wildman–Crippen MR) is 81.5 cm³/mol. The van der Waals surface area contributed by atoms with Crippen molar-refractivity contribution < 1.29 is 9.53 Å². The van der Waals surface area contributed by atoms with E-state index in [1.807, 2.05) is 13.8 Å². The quantitative estimate of drug-likeness (QED) is 0.916. The molecule has 1 amide bonds. The molecule has 0 spiro atoms. The maximum absolute atomic E-state index is 12.0. The summed E-state index contributed by atoms with van der Waals surface area (Å²) in [5.41, 5.74) is 1.09. The van der Waals surface area contributed by atoms with Gasteiger partial charge in [0.25, 0.3) is 5.91 Å². The first-order valence-electron chi connectivity index (χ1n) is 6.84. The van der Waals surface area contributed by atoms with Crippen LogP contribution in [-0.4, -0.2) is 22.5 Å². The summed E-state index contributed by atoms with van der Waals surface area (Å²) < 4.78 is 5.58. The van der Waals surface area contributed by atoms with Gasteiger partial charge in [-0.3, -0.25) is 9.78 Å². The normalized spacial score (nSPS) is 10.1. The van der Waals surface area contributed by atoms with Gasteiger partial charge in [0.05, 0.1) is 18.4 Å². The molecule has 0 aliphatic carbocycles. The van der Waals surface area contributed by atoms with Crippen LogP contribution in [0.4, 0.5) is 5.69 Å². The number of anilines is 1. The van der Waals surface area contributed by atoms with Crippen LogP contribution >= 0.6 is 0 Å². The summed E-state index contributed by atoms with van der Waals surface area (Å²) in [5.74, 6) is 0.490. The molecule has 0 saturated carbocycles. The second kappa shape index (κ2) is 7.18. The van der Waals surface area contributed by atoms with E-state index in [1.165, 1.54) is 18.6 Å². The number of amides is 1. The lowest BCUT2D eigenvalue weighted by Crippen LogP contribution is -2.14. The number of nitrogens with zero attached hydrogens (tertiary/aromatic N) is 3. The largest absolute Gasteiger partial charge is 0.492 e. The van der Waals surface area contributed by atoms with Gasteiger partial charge in [0.15, 0.2) is 0 Å². The Morgan fingerprint density at radius 1 is 1.41 bits per heavy atom. The van der Waals surface area contributed by atoms with Crippen molar-refractivity contribution in [1.29, 1.82) is 5.26 Å². The lowest BCUT2D eigenvalue weighted by Gasteiger charge is -2.11. The number of hydrogen-bond acceptors (Lipinski definition) is 5. The standard InChI is InChI=1S/C16H16N4O2/c1-11(2)10-22-15-4-3-13(7-12(15)8-17)20-16(21)14-9-18-5-6-19-14/h3-7,9,11H,10H2,1-2H3,(H,20,21). The molecule has 6 heteroatoms. The molecule has 0 unspecified atom stereocenters. The minimum absolute atomic E-state index is 0.209. The number of carbonyl (C=O) groups is 1. The van der Waals surface area contributed by atoms with Gasteiger partial charge in [-0.25, -0.2) is 4.98 Å². The number of benzene rings is 1. The van der Waals surface area contributed by atoms with E-state index in [0.29, 0.717) is 29.5 Å². The Morgan fingerprint density at radius 2 is 2.23 bits per heavy atom. The van der Waals surface area contributed by atoms with Gasteiger partial charge in [0, 0.05) is 18.1 Å². The molecule has 0 bridgehead atoms. The van der Waals surface area contributed by atoms with E-state index < -0.39 is 0 Å². The molecule has 0 atom stereocenters. The molecule has 2 aromatic rings. The molecule has 22 heavy (non-hydrogen) atoms. The van der Waals surface area contributed by atoms with Crippen molar-refractivity contribution >= 4 is 11.6 Å². The van der Waals surface area contributed by atoms with E-state index in [2.05, 4.69) is 21.4 Å². The first-order valence-corrected chi connectivity index (χ1v) is 6.84. The summed E-state index contributed by atoms with van der Waals surface area (Å²) in [5, 5.41) is 11.9. The van der Waals surface area contributed by atoms with Crippen molar-refractivity contribution in [3.05, 3.63) is 48.0 Å². The van der Waals surface area contributed by atoms with Crippen molar-refractivity contribution in [2.45, 2.75) is 13.8 Å². The second-order valence-electron chi connectivity index (χ2n) is 5.07. The number of nitriles is 1. The minimum Gasteiger partial charge on any atom is -0.492 e. The van der Waals surface area contributed by atoms with Crippen LogP contribution in [0.15, 0.2) is 36.8 Å². The fourth-order valence-electron chi connectivity index (χ4n) is 1.69. The molecule has 1 aromatic carbocycles. The highest BCUT2D eigenvalue weighted by Gasteiger charge is 2.10. The van der Waals surface area contributed by atoms with E-state index in [-0.39, 0.29) is 11.6 Å². The van der Waals surface area contributed by atoms with Gasteiger partial charge in [-0.15, -0.1) is 0 Å². The van der Waals surface area contributed by atoms with Gasteiger partial charge < -0.3 is 10.1 Å². The van der Waals surface area contributed by atoms with E-state index >= 15 is 0 Å². The number of rotatable bonds is 5. The van der Waals surface area contributed by atoms with Crippen LogP contribution in [0.1, 0.15) is 29.9 Å². The predicted octanol–water partition coefficient (Wildman–Crippen LogP) is 2.64. The average molecular weight is 296 g/mol. The van der Waals surface area contributed by atoms with Crippen LogP contribution in [0.25, 0.3) is 0 Å². The van der Waals surface area contributed by atoms with E-state index in [4.69, 9.17) is 4.74 Å². The Kier molecular flexibility index (Phi) is 5.04. The minimum atomic E-state index is -0.382. The third-order valence-electron chi connectivity index (χ3n) is 2.73. The summed E-state index contributed by atoms with van der Waals surface area (Å²) in [6.45, 7) is 4.59. The molecule has 1 heterocycles. The van der Waals surface area contributed by atoms with Gasteiger partial charge in [0.1, 0.15) is 17.5 Å². The molecule has 6 nitrogen and oxygen atoms in total. The summed E-state index contributed by atoms with van der Waals surface area (Å²) in [7, 11) is 0. The van der Waals surface area contributed by atoms with Crippen LogP contribution in [0, 0.1) is 17.2 Å². The van der Waals surface area contributed by atoms with Crippen molar-refractivity contribution in [2.24, 2.45) is 5.92 Å². The number of carbonyl (C=O) groups excluding carboxylic acids is 1. The van der Waals surface area contributed by atoms with Gasteiger partial charge >= 0.3 is 0 Å². The van der Waals surface area contributed by atoms with Crippen LogP contribution in [-0.2, 0) is 0 Å². The zero-order valence-corrected chi connectivity index (χ0v) is 12.4. The van der Waals surface area contributed by atoms with Crippen molar-refractivity contribution in [3.8, 4) is 11.8 Å². The third kappa shape index (κ3) is 4.03. The summed E-state index contributed by atoms with van der Waals surface area (Å²) in [6.07, 6.45) is 4.31. The SMILES string of the molecule is CC(C)COc1ccc(NC(=O)c2cnccn2)cc1C#N. The summed E-state index contributed by atoms with van der Waals surface area (Å²) in [6, 6.07) is 7.00. The van der Waals surface area contributed by atoms with Gasteiger partial charge in [-0.1, -0.05) is 13.8 Å². The molecule has 1 N–H and O–H groups in total. The monoisotopic (exact) mass is 296 g/mol. The highest BCUT2D eigenvalue weighted by Crippen LogP contribution is 2.23. The Hall–Kier alpha value is -2.94. The first kappa shape index (κ1) is 15.4. The van der Waals surface area contributed by atoms with E-state index in [1.54, 1.807) is 18.2 Å². The number of aromatic nitrogens is 2. The van der Waals surface area contributed by atoms with Crippen molar-refractivity contribution in [1.82, 2.24) is 9.97 Å². The number of ether oxygens (including phenoxy) is 1. The molecule has 1 aromatic heterocycles. The molecular weight excluding hydrogens is 280 g/mol. The lowest BCUT2D eigenvalue weighted by molar-refractivity contribution is 0.102. The smallest absolute Gasteiger partial charge is 0.275 e. The molecule has 0 fully saturated rings. The van der Waals surface area contributed by atoms with Crippen LogP contribution in [0.2, 0.25) is 0 Å². The Morgan fingerprint density at radius 3 is 2.86 bits per heavy atom. The van der Waals surface area contributed by atoms with Gasteiger partial charge in [-0.05, 0) is 24.1 Å². The summed E-state index contributed by atoms with van der Waals surface area (Å²) >= 11 is 0. The van der Waals surface area contributed by atoms with Gasteiger partial charge in [-0.2, -0.15) is 5.26 Å². The van der Waals surface area contributed by atoms with E-state index in [9.17, 15) is 10.1 Å². The fraction of sp³-hybridized carbons (Fsp3) is 0.250. The maximum Gasteiger partial charge on any atom is 0.275 e. The highest BCUT2D eigenvalue weighted by atomic mass is 16.5. The maximum atomic E-state index is 12.0. The zero-order chi connectivity index (χ0) is 15.9. The molecule has 0 aliphatic rings. The van der Waals surface area contributed by atoms with Crippen molar-refractivity contribution in [2.75, 3.05) is 11.9 Å². The highest BCUT2D eigenvalue weighted by molar-refractivity contribution is 6.02. The fourth-order valence-corrected chi connectivity index (χ4v) is 1.69. The number of hydrogen-bond donors (Lipinski definition) is 1. The van der Waals surface area contributed by atoms with E-state index in [0.717, 1.165) is 0 Å². The Bertz CT molecular complexity index is 693. The Labute approximate surface area is 128 Å². The molecular formula is C16H16N4O2. The topological polar surface area (TPSA) is 87.9 Å². The molecule has 2 rings (SSSR count). The van der Waals surface area contributed by atoms with Crippen LogP contribution in [0.5, 0.6) is 5.75 Å². The lowest BCUT2D eigenvalue weighted by atomic mass is 10.2. The first-order chi connectivity index (χ1) is 10.6. The van der Waals surface area contributed by atoms with Gasteiger partial charge in [0.2, 0.25) is 0 Å².